The third-order valence-corrected chi connectivity index (χ3v) is 6.03. The molecule has 0 saturated carbocycles. The lowest BCUT2D eigenvalue weighted by atomic mass is 9.90. The number of nitrogens with zero attached hydrogens (tertiary/aromatic N) is 2. The average molecular weight is 381 g/mol. The molecule has 0 saturated heterocycles. The summed E-state index contributed by atoms with van der Waals surface area (Å²) in [5.41, 5.74) is 3.22. The Labute approximate surface area is 161 Å². The Hall–Kier alpha value is -2.60. The van der Waals surface area contributed by atoms with Crippen molar-refractivity contribution in [3.05, 3.63) is 70.7 Å². The summed E-state index contributed by atoms with van der Waals surface area (Å²) in [6, 6.07) is 10.3. The molecule has 2 heterocycles. The molecule has 0 radical (unpaired) electrons. The molecule has 1 aliphatic rings. The Morgan fingerprint density at radius 1 is 1.19 bits per heavy atom. The van der Waals surface area contributed by atoms with Crippen LogP contribution in [0, 0.1) is 11.7 Å². The van der Waals surface area contributed by atoms with Crippen LogP contribution in [-0.4, -0.2) is 22.4 Å². The lowest BCUT2D eigenvalue weighted by molar-refractivity contribution is -0.125. The highest BCUT2D eigenvalue weighted by molar-refractivity contribution is 7.15. The number of hydrogen-bond acceptors (Lipinski definition) is 4. The van der Waals surface area contributed by atoms with Crippen LogP contribution in [0.5, 0.6) is 0 Å². The number of amides is 1. The molecule has 0 aliphatic heterocycles. The number of carbonyl (C=O) groups is 1. The highest BCUT2D eigenvalue weighted by Gasteiger charge is 2.27. The van der Waals surface area contributed by atoms with Crippen molar-refractivity contribution in [1.82, 2.24) is 15.3 Å². The van der Waals surface area contributed by atoms with Crippen molar-refractivity contribution in [3.63, 3.8) is 0 Å². The molecule has 4 rings (SSSR count). The van der Waals surface area contributed by atoms with Gasteiger partial charge in [-0.15, -0.1) is 11.3 Å². The summed E-state index contributed by atoms with van der Waals surface area (Å²) >= 11 is 1.68. The number of fused-ring (bicyclic) bond motifs is 1. The van der Waals surface area contributed by atoms with E-state index in [9.17, 15) is 9.18 Å². The normalized spacial score (nSPS) is 16.0. The van der Waals surface area contributed by atoms with Crippen LogP contribution in [0.1, 0.15) is 22.6 Å². The van der Waals surface area contributed by atoms with E-state index >= 15 is 0 Å². The van der Waals surface area contributed by atoms with E-state index in [0.29, 0.717) is 13.0 Å². The summed E-state index contributed by atoms with van der Waals surface area (Å²) in [5, 5.41) is 4.03. The molecule has 1 atom stereocenters. The summed E-state index contributed by atoms with van der Waals surface area (Å²) in [6.07, 6.45) is 6.67. The number of aromatic nitrogens is 2. The predicted octanol–water partition coefficient (Wildman–Crippen LogP) is 3.81. The highest BCUT2D eigenvalue weighted by atomic mass is 32.1. The minimum Gasteiger partial charge on any atom is -0.356 e. The third-order valence-electron chi connectivity index (χ3n) is 4.86. The SMILES string of the molecule is O=C(NCCc1ccc(F)cc1)C1CCc2nc(-c3ccncc3)sc2C1. The van der Waals surface area contributed by atoms with Crippen molar-refractivity contribution >= 4 is 17.2 Å². The first-order valence-corrected chi connectivity index (χ1v) is 9.92. The molecule has 1 amide bonds. The molecule has 3 aromatic rings. The van der Waals surface area contributed by atoms with Crippen LogP contribution < -0.4 is 5.32 Å². The summed E-state index contributed by atoms with van der Waals surface area (Å²) in [5.74, 6) is -0.144. The zero-order valence-electron chi connectivity index (χ0n) is 14.8. The van der Waals surface area contributed by atoms with Crippen LogP contribution in [-0.2, 0) is 24.1 Å². The Morgan fingerprint density at radius 3 is 2.74 bits per heavy atom. The Bertz CT molecular complexity index is 924. The number of carbonyl (C=O) groups excluding carboxylic acids is 1. The molecule has 1 unspecified atom stereocenters. The summed E-state index contributed by atoms with van der Waals surface area (Å²) < 4.78 is 12.9. The van der Waals surface area contributed by atoms with Gasteiger partial charge < -0.3 is 5.32 Å². The van der Waals surface area contributed by atoms with Crippen molar-refractivity contribution in [2.45, 2.75) is 25.7 Å². The molecular weight excluding hydrogens is 361 g/mol. The maximum Gasteiger partial charge on any atom is 0.223 e. The first-order valence-electron chi connectivity index (χ1n) is 9.10. The second-order valence-corrected chi connectivity index (χ2v) is 7.82. The van der Waals surface area contributed by atoms with Crippen LogP contribution >= 0.6 is 11.3 Å². The monoisotopic (exact) mass is 381 g/mol. The largest absolute Gasteiger partial charge is 0.356 e. The van der Waals surface area contributed by atoms with Gasteiger partial charge in [0.15, 0.2) is 0 Å². The van der Waals surface area contributed by atoms with Crippen LogP contribution in [0.15, 0.2) is 48.8 Å². The topological polar surface area (TPSA) is 54.9 Å². The van der Waals surface area contributed by atoms with Gasteiger partial charge in [0.1, 0.15) is 10.8 Å². The van der Waals surface area contributed by atoms with E-state index in [1.165, 1.54) is 17.0 Å². The Morgan fingerprint density at radius 2 is 1.96 bits per heavy atom. The minimum atomic E-state index is -0.239. The zero-order chi connectivity index (χ0) is 18.6. The molecule has 1 aromatic carbocycles. The van der Waals surface area contributed by atoms with Gasteiger partial charge in [0, 0.05) is 35.3 Å². The number of nitrogens with one attached hydrogen (secondary N) is 1. The van der Waals surface area contributed by atoms with Crippen LogP contribution in [0.4, 0.5) is 4.39 Å². The number of benzene rings is 1. The molecule has 4 nitrogen and oxygen atoms in total. The molecule has 0 spiro atoms. The van der Waals surface area contributed by atoms with Gasteiger partial charge in [-0.05, 0) is 55.5 Å². The number of hydrogen-bond donors (Lipinski definition) is 1. The van der Waals surface area contributed by atoms with Crippen molar-refractivity contribution in [1.29, 1.82) is 0 Å². The van der Waals surface area contributed by atoms with E-state index in [2.05, 4.69) is 10.3 Å². The number of rotatable bonds is 5. The molecule has 1 N–H and O–H groups in total. The number of halogens is 1. The first kappa shape index (κ1) is 17.8. The van der Waals surface area contributed by atoms with E-state index in [1.807, 2.05) is 12.1 Å². The maximum absolute atomic E-state index is 12.9. The molecule has 138 valence electrons. The van der Waals surface area contributed by atoms with Gasteiger partial charge in [-0.1, -0.05) is 12.1 Å². The summed E-state index contributed by atoms with van der Waals surface area (Å²) in [7, 11) is 0. The Kier molecular flexibility index (Phi) is 5.25. The maximum atomic E-state index is 12.9. The van der Waals surface area contributed by atoms with Crippen LogP contribution in [0.3, 0.4) is 0 Å². The zero-order valence-corrected chi connectivity index (χ0v) is 15.6. The van der Waals surface area contributed by atoms with E-state index in [4.69, 9.17) is 4.98 Å². The van der Waals surface area contributed by atoms with E-state index in [1.54, 1.807) is 35.9 Å². The van der Waals surface area contributed by atoms with Gasteiger partial charge in [0.05, 0.1) is 5.69 Å². The van der Waals surface area contributed by atoms with E-state index in [-0.39, 0.29) is 17.6 Å². The van der Waals surface area contributed by atoms with Gasteiger partial charge in [-0.2, -0.15) is 0 Å². The van der Waals surface area contributed by atoms with E-state index in [0.717, 1.165) is 41.1 Å². The molecule has 1 aliphatic carbocycles. The van der Waals surface area contributed by atoms with Crippen molar-refractivity contribution in [2.24, 2.45) is 5.92 Å². The fourth-order valence-electron chi connectivity index (χ4n) is 3.34. The van der Waals surface area contributed by atoms with Gasteiger partial charge in [-0.3, -0.25) is 9.78 Å². The summed E-state index contributed by atoms with van der Waals surface area (Å²) in [6.45, 7) is 0.568. The van der Waals surface area contributed by atoms with Crippen LogP contribution in [0.2, 0.25) is 0 Å². The van der Waals surface area contributed by atoms with Crippen LogP contribution in [0.25, 0.3) is 10.6 Å². The molecule has 6 heteroatoms. The van der Waals surface area contributed by atoms with Gasteiger partial charge in [0.25, 0.3) is 0 Å². The first-order chi connectivity index (χ1) is 13.2. The van der Waals surface area contributed by atoms with Gasteiger partial charge in [0.2, 0.25) is 5.91 Å². The summed E-state index contributed by atoms with van der Waals surface area (Å²) in [4.78, 5) is 22.5. The smallest absolute Gasteiger partial charge is 0.223 e. The number of thiazole rings is 1. The van der Waals surface area contributed by atoms with Crippen molar-refractivity contribution < 1.29 is 9.18 Å². The quantitative estimate of drug-likeness (QED) is 0.731. The number of aryl methyl sites for hydroxylation is 1. The van der Waals surface area contributed by atoms with Crippen molar-refractivity contribution in [3.8, 4) is 10.6 Å². The highest BCUT2D eigenvalue weighted by Crippen LogP contribution is 2.34. The second kappa shape index (κ2) is 7.96. The standard InChI is InChI=1S/C21H20FN3OS/c22-17-4-1-14(2-5-17)7-12-24-20(26)16-3-6-18-19(13-16)27-21(25-18)15-8-10-23-11-9-15/h1-2,4-5,8-11,16H,3,6-7,12-13H2,(H,24,26). The number of pyridine rings is 1. The molecule has 27 heavy (non-hydrogen) atoms. The molecule has 0 fully saturated rings. The minimum absolute atomic E-state index is 0.00328. The predicted molar refractivity (Wildman–Crippen MR) is 104 cm³/mol. The molecule has 0 bridgehead atoms. The fraction of sp³-hybridized carbons (Fsp3) is 0.286. The molecule has 2 aromatic heterocycles. The lowest BCUT2D eigenvalue weighted by Crippen LogP contribution is -2.35. The Balaban J connectivity index is 1.34. The lowest BCUT2D eigenvalue weighted by Gasteiger charge is -2.20. The fourth-order valence-corrected chi connectivity index (χ4v) is 4.54. The average Bonchev–Trinajstić information content (AvgIpc) is 3.13. The van der Waals surface area contributed by atoms with Crippen molar-refractivity contribution in [2.75, 3.05) is 6.54 Å². The van der Waals surface area contributed by atoms with Gasteiger partial charge >= 0.3 is 0 Å². The molecular formula is C21H20FN3OS. The second-order valence-electron chi connectivity index (χ2n) is 6.73. The van der Waals surface area contributed by atoms with Gasteiger partial charge in [-0.25, -0.2) is 9.37 Å². The van der Waals surface area contributed by atoms with E-state index < -0.39 is 0 Å². The third kappa shape index (κ3) is 4.22.